The summed E-state index contributed by atoms with van der Waals surface area (Å²) < 4.78 is 54.6. The van der Waals surface area contributed by atoms with E-state index >= 15 is 0 Å². The molecule has 0 spiro atoms. The number of aromatic nitrogens is 2. The van der Waals surface area contributed by atoms with E-state index in [1.54, 1.807) is 13.0 Å². The number of nitro groups is 1. The maximum atomic E-state index is 12.8. The summed E-state index contributed by atoms with van der Waals surface area (Å²) in [6, 6.07) is 6.19. The molecular formula is C20H15ClF3N3O5. The van der Waals surface area contributed by atoms with Crippen LogP contribution in [0, 0.1) is 10.1 Å². The number of allylic oxidation sites excluding steroid dienone is 1. The Hall–Kier alpha value is -3.60. The molecule has 32 heavy (non-hydrogen) atoms. The summed E-state index contributed by atoms with van der Waals surface area (Å²) in [7, 11) is 0. The topological polar surface area (TPSA) is 101 Å². The van der Waals surface area contributed by atoms with Gasteiger partial charge in [-0.1, -0.05) is 22.8 Å². The van der Waals surface area contributed by atoms with Crippen molar-refractivity contribution < 1.29 is 32.1 Å². The van der Waals surface area contributed by atoms with Crippen LogP contribution < -0.4 is 9.47 Å². The lowest BCUT2D eigenvalue weighted by molar-refractivity contribution is -0.386. The Morgan fingerprint density at radius 1 is 1.28 bits per heavy atom. The molecule has 0 fully saturated rings. The second-order valence-electron chi connectivity index (χ2n) is 6.43. The molecule has 0 N–H and O–H groups in total. The van der Waals surface area contributed by atoms with E-state index in [1.165, 1.54) is 12.1 Å². The quantitative estimate of drug-likeness (QED) is 0.216. The third-order valence-electron chi connectivity index (χ3n) is 4.08. The molecule has 1 unspecified atom stereocenters. The summed E-state index contributed by atoms with van der Waals surface area (Å²) in [4.78, 5) is 14.8. The molecule has 0 aliphatic heterocycles. The highest BCUT2D eigenvalue weighted by atomic mass is 35.5. The standard InChI is InChI=1S/C20H15ClF3N3O5/c1-3-4-18-25-19(32-26-18)11(2)30-17-10-13(6-7-15(17)27(28)29)31-16-8-5-12(9-14(16)21)20(22,23)24/h3,5-11H,1,4H2,2H3. The van der Waals surface area contributed by atoms with Gasteiger partial charge in [-0.3, -0.25) is 10.1 Å². The first-order valence-electron chi connectivity index (χ1n) is 9.01. The average molecular weight is 470 g/mol. The normalized spacial score (nSPS) is 12.3. The van der Waals surface area contributed by atoms with Gasteiger partial charge in [0.25, 0.3) is 5.89 Å². The lowest BCUT2D eigenvalue weighted by atomic mass is 10.2. The van der Waals surface area contributed by atoms with Crippen molar-refractivity contribution in [3.63, 3.8) is 0 Å². The van der Waals surface area contributed by atoms with Crippen LogP contribution in [-0.2, 0) is 12.6 Å². The second-order valence-corrected chi connectivity index (χ2v) is 6.84. The van der Waals surface area contributed by atoms with E-state index in [1.807, 2.05) is 0 Å². The Morgan fingerprint density at radius 2 is 2.03 bits per heavy atom. The molecule has 0 radical (unpaired) electrons. The summed E-state index contributed by atoms with van der Waals surface area (Å²) >= 11 is 5.90. The van der Waals surface area contributed by atoms with Crippen LogP contribution in [0.15, 0.2) is 53.6 Å². The van der Waals surface area contributed by atoms with Gasteiger partial charge in [-0.25, -0.2) is 0 Å². The number of nitrogens with zero attached hydrogens (tertiary/aromatic N) is 3. The highest BCUT2D eigenvalue weighted by molar-refractivity contribution is 6.32. The fourth-order valence-corrected chi connectivity index (χ4v) is 2.79. The van der Waals surface area contributed by atoms with Crippen LogP contribution in [0.25, 0.3) is 0 Å². The number of hydrogen-bond acceptors (Lipinski definition) is 7. The first-order chi connectivity index (χ1) is 15.1. The molecule has 8 nitrogen and oxygen atoms in total. The van der Waals surface area contributed by atoms with E-state index in [0.29, 0.717) is 12.2 Å². The fraction of sp³-hybridized carbons (Fsp3) is 0.200. The summed E-state index contributed by atoms with van der Waals surface area (Å²) in [5, 5.41) is 14.8. The highest BCUT2D eigenvalue weighted by Gasteiger charge is 2.31. The molecular weight excluding hydrogens is 455 g/mol. The van der Waals surface area contributed by atoms with E-state index in [2.05, 4.69) is 16.7 Å². The SMILES string of the molecule is C=CCc1noc(C(C)Oc2cc(Oc3ccc(C(F)(F)F)cc3Cl)ccc2[N+](=O)[O-])n1. The van der Waals surface area contributed by atoms with Gasteiger partial charge in [0.05, 0.1) is 15.5 Å². The minimum atomic E-state index is -4.56. The Balaban J connectivity index is 1.86. The van der Waals surface area contributed by atoms with Gasteiger partial charge in [0, 0.05) is 18.6 Å². The van der Waals surface area contributed by atoms with Crippen molar-refractivity contribution in [2.75, 3.05) is 0 Å². The zero-order chi connectivity index (χ0) is 23.5. The van der Waals surface area contributed by atoms with Crippen LogP contribution in [0.4, 0.5) is 18.9 Å². The van der Waals surface area contributed by atoms with Gasteiger partial charge in [-0.2, -0.15) is 18.2 Å². The van der Waals surface area contributed by atoms with Crippen LogP contribution in [-0.4, -0.2) is 15.1 Å². The number of ether oxygens (including phenoxy) is 2. The number of halogens is 4. The molecule has 2 aromatic carbocycles. The van der Waals surface area contributed by atoms with Crippen molar-refractivity contribution >= 4 is 17.3 Å². The van der Waals surface area contributed by atoms with Crippen molar-refractivity contribution in [2.24, 2.45) is 0 Å². The molecule has 0 amide bonds. The number of alkyl halides is 3. The zero-order valence-electron chi connectivity index (χ0n) is 16.4. The largest absolute Gasteiger partial charge is 0.474 e. The first-order valence-corrected chi connectivity index (χ1v) is 9.39. The average Bonchev–Trinajstić information content (AvgIpc) is 3.18. The minimum absolute atomic E-state index is 0.0531. The highest BCUT2D eigenvalue weighted by Crippen LogP contribution is 2.39. The maximum Gasteiger partial charge on any atom is 0.416 e. The Labute approximate surface area is 184 Å². The van der Waals surface area contributed by atoms with Crippen molar-refractivity contribution in [3.05, 3.63) is 81.5 Å². The monoisotopic (exact) mass is 469 g/mol. The molecule has 0 saturated carbocycles. The molecule has 168 valence electrons. The van der Waals surface area contributed by atoms with E-state index in [0.717, 1.165) is 24.3 Å². The van der Waals surface area contributed by atoms with Crippen LogP contribution in [0.3, 0.4) is 0 Å². The number of hydrogen-bond donors (Lipinski definition) is 0. The Kier molecular flexibility index (Phi) is 6.68. The predicted octanol–water partition coefficient (Wildman–Crippen LogP) is 6.31. The smallest absolute Gasteiger partial charge is 0.416 e. The lowest BCUT2D eigenvalue weighted by Crippen LogP contribution is -2.06. The van der Waals surface area contributed by atoms with Gasteiger partial charge in [0.15, 0.2) is 11.9 Å². The molecule has 0 aliphatic rings. The zero-order valence-corrected chi connectivity index (χ0v) is 17.2. The fourth-order valence-electron chi connectivity index (χ4n) is 2.58. The molecule has 1 heterocycles. The first kappa shape index (κ1) is 23.1. The van der Waals surface area contributed by atoms with Crippen LogP contribution in [0.5, 0.6) is 17.2 Å². The molecule has 0 saturated heterocycles. The van der Waals surface area contributed by atoms with Crippen LogP contribution in [0.2, 0.25) is 5.02 Å². The summed E-state index contributed by atoms with van der Waals surface area (Å²) in [5.74, 6) is 0.268. The van der Waals surface area contributed by atoms with Gasteiger partial charge in [-0.15, -0.1) is 6.58 Å². The molecule has 1 aromatic heterocycles. The van der Waals surface area contributed by atoms with Gasteiger partial charge in [-0.05, 0) is 31.2 Å². The number of benzene rings is 2. The van der Waals surface area contributed by atoms with Gasteiger partial charge >= 0.3 is 11.9 Å². The Morgan fingerprint density at radius 3 is 2.66 bits per heavy atom. The van der Waals surface area contributed by atoms with Gasteiger partial charge in [0.2, 0.25) is 5.75 Å². The third-order valence-corrected chi connectivity index (χ3v) is 4.37. The van der Waals surface area contributed by atoms with Crippen molar-refractivity contribution in [1.29, 1.82) is 0 Å². The molecule has 12 heteroatoms. The molecule has 0 bridgehead atoms. The lowest BCUT2D eigenvalue weighted by Gasteiger charge is -2.14. The minimum Gasteiger partial charge on any atom is -0.474 e. The predicted molar refractivity (Wildman–Crippen MR) is 107 cm³/mol. The van der Waals surface area contributed by atoms with Crippen molar-refractivity contribution in [2.45, 2.75) is 25.6 Å². The van der Waals surface area contributed by atoms with Gasteiger partial charge < -0.3 is 14.0 Å². The number of nitro benzene ring substituents is 1. The second kappa shape index (κ2) is 9.27. The Bertz CT molecular complexity index is 1150. The van der Waals surface area contributed by atoms with Crippen molar-refractivity contribution in [1.82, 2.24) is 10.1 Å². The van der Waals surface area contributed by atoms with E-state index in [4.69, 9.17) is 25.6 Å². The molecule has 0 aliphatic carbocycles. The summed E-state index contributed by atoms with van der Waals surface area (Å²) in [5.41, 5.74) is -1.31. The van der Waals surface area contributed by atoms with E-state index in [-0.39, 0.29) is 33.8 Å². The van der Waals surface area contributed by atoms with Crippen molar-refractivity contribution in [3.8, 4) is 17.2 Å². The van der Waals surface area contributed by atoms with Crippen LogP contribution >= 0.6 is 11.6 Å². The molecule has 1 atom stereocenters. The summed E-state index contributed by atoms with van der Waals surface area (Å²) in [6.07, 6.45) is -3.46. The summed E-state index contributed by atoms with van der Waals surface area (Å²) in [6.45, 7) is 5.12. The van der Waals surface area contributed by atoms with Gasteiger partial charge in [0.1, 0.15) is 11.5 Å². The van der Waals surface area contributed by atoms with E-state index < -0.39 is 22.8 Å². The van der Waals surface area contributed by atoms with Crippen LogP contribution in [0.1, 0.15) is 30.3 Å². The molecule has 3 aromatic rings. The number of rotatable bonds is 8. The third kappa shape index (κ3) is 5.35. The van der Waals surface area contributed by atoms with E-state index in [9.17, 15) is 23.3 Å². The maximum absolute atomic E-state index is 12.8. The molecule has 3 rings (SSSR count).